The first-order valence-electron chi connectivity index (χ1n) is 11.6. The third-order valence-electron chi connectivity index (χ3n) is 5.68. The lowest BCUT2D eigenvalue weighted by Crippen LogP contribution is -2.53. The Morgan fingerprint density at radius 2 is 1.66 bits per heavy atom. The van der Waals surface area contributed by atoms with Crippen LogP contribution in [-0.2, 0) is 26.3 Å². The van der Waals surface area contributed by atoms with Crippen molar-refractivity contribution in [3.8, 4) is 0 Å². The molecule has 0 aliphatic rings. The van der Waals surface area contributed by atoms with E-state index in [0.29, 0.717) is 13.0 Å². The van der Waals surface area contributed by atoms with Crippen LogP contribution in [0.15, 0.2) is 48.5 Å². The number of anilines is 1. The average Bonchev–Trinajstić information content (AvgIpc) is 2.82. The summed E-state index contributed by atoms with van der Waals surface area (Å²) in [5.41, 5.74) is 1.52. The normalized spacial score (nSPS) is 12.3. The van der Waals surface area contributed by atoms with Crippen LogP contribution in [0.4, 0.5) is 10.1 Å². The summed E-state index contributed by atoms with van der Waals surface area (Å²) >= 11 is 0. The smallest absolute Gasteiger partial charge is 0.304 e. The molecule has 0 radical (unpaired) electrons. The molecule has 2 rings (SSSR count). The van der Waals surface area contributed by atoms with Crippen LogP contribution in [0.25, 0.3) is 0 Å². The molecule has 0 spiro atoms. The summed E-state index contributed by atoms with van der Waals surface area (Å²) in [6, 6.07) is 12.0. The SMILES string of the molecule is CCCNC(=O)[C@@H](CC)N(Cc1ccccc1C)C(=O)CN(c1ccccc1F)S(=O)(=O)N(C)C. The van der Waals surface area contributed by atoms with Crippen molar-refractivity contribution >= 4 is 27.7 Å². The summed E-state index contributed by atoms with van der Waals surface area (Å²) in [6.07, 6.45) is 1.06. The van der Waals surface area contributed by atoms with Crippen molar-refractivity contribution in [2.24, 2.45) is 0 Å². The molecule has 1 N–H and O–H groups in total. The fourth-order valence-corrected chi connectivity index (χ4v) is 4.68. The minimum absolute atomic E-state index is 0.108. The maximum absolute atomic E-state index is 14.7. The number of hydrogen-bond donors (Lipinski definition) is 1. The van der Waals surface area contributed by atoms with Gasteiger partial charge in [0.25, 0.3) is 0 Å². The number of hydrogen-bond acceptors (Lipinski definition) is 4. The Hall–Kier alpha value is -2.98. The summed E-state index contributed by atoms with van der Waals surface area (Å²) < 4.78 is 42.5. The van der Waals surface area contributed by atoms with Gasteiger partial charge in [0, 0.05) is 27.2 Å². The van der Waals surface area contributed by atoms with Crippen molar-refractivity contribution in [1.82, 2.24) is 14.5 Å². The molecule has 1 atom stereocenters. The molecular formula is C25H35FN4O4S. The third kappa shape index (κ3) is 7.02. The van der Waals surface area contributed by atoms with Gasteiger partial charge in [-0.25, -0.2) is 8.70 Å². The second-order valence-corrected chi connectivity index (χ2v) is 10.5. The fraction of sp³-hybridized carbons (Fsp3) is 0.440. The van der Waals surface area contributed by atoms with Crippen LogP contribution < -0.4 is 9.62 Å². The van der Waals surface area contributed by atoms with E-state index in [4.69, 9.17) is 0 Å². The van der Waals surface area contributed by atoms with Crippen LogP contribution in [0.1, 0.15) is 37.8 Å². The predicted octanol–water partition coefficient (Wildman–Crippen LogP) is 3.08. The zero-order valence-corrected chi connectivity index (χ0v) is 21.8. The Kier molecular flexibility index (Phi) is 10.2. The molecule has 0 aromatic heterocycles. The van der Waals surface area contributed by atoms with E-state index in [0.717, 1.165) is 32.2 Å². The standard InChI is InChI=1S/C25H35FN4O4S/c1-6-16-27-25(32)22(7-2)29(17-20-13-9-8-12-19(20)3)24(31)18-30(35(33,34)28(4)5)23-15-11-10-14-21(23)26/h8-15,22H,6-7,16-18H2,1-5H3,(H,27,32)/t22-/m1/s1. The molecule has 10 heteroatoms. The second kappa shape index (κ2) is 12.6. The van der Waals surface area contributed by atoms with Crippen LogP contribution in [0.3, 0.4) is 0 Å². The van der Waals surface area contributed by atoms with Crippen molar-refractivity contribution < 1.29 is 22.4 Å². The molecule has 0 fully saturated rings. The molecule has 0 aliphatic carbocycles. The van der Waals surface area contributed by atoms with Crippen molar-refractivity contribution in [1.29, 1.82) is 0 Å². The Labute approximate surface area is 207 Å². The van der Waals surface area contributed by atoms with E-state index in [1.807, 2.05) is 38.1 Å². The highest BCUT2D eigenvalue weighted by Gasteiger charge is 2.34. The Morgan fingerprint density at radius 1 is 1.03 bits per heavy atom. The Bertz CT molecular complexity index is 1120. The number of nitrogens with zero attached hydrogens (tertiary/aromatic N) is 3. The molecule has 0 heterocycles. The average molecular weight is 507 g/mol. The van der Waals surface area contributed by atoms with Crippen molar-refractivity contribution in [3.63, 3.8) is 0 Å². The number of carbonyl (C=O) groups excluding carboxylic acids is 2. The van der Waals surface area contributed by atoms with E-state index in [-0.39, 0.29) is 18.1 Å². The highest BCUT2D eigenvalue weighted by Crippen LogP contribution is 2.24. The number of rotatable bonds is 12. The summed E-state index contributed by atoms with van der Waals surface area (Å²) in [4.78, 5) is 28.0. The van der Waals surface area contributed by atoms with Crippen LogP contribution in [0.5, 0.6) is 0 Å². The monoisotopic (exact) mass is 506 g/mol. The van der Waals surface area contributed by atoms with E-state index >= 15 is 0 Å². The first-order chi connectivity index (χ1) is 16.5. The number of benzene rings is 2. The number of halogens is 1. The summed E-state index contributed by atoms with van der Waals surface area (Å²) in [6.45, 7) is 5.52. The first-order valence-corrected chi connectivity index (χ1v) is 13.0. The van der Waals surface area contributed by atoms with Crippen LogP contribution in [0.2, 0.25) is 0 Å². The van der Waals surface area contributed by atoms with Crippen molar-refractivity contribution in [2.75, 3.05) is 31.5 Å². The summed E-state index contributed by atoms with van der Waals surface area (Å²) in [5, 5.41) is 2.83. The van der Waals surface area contributed by atoms with Gasteiger partial charge in [0.1, 0.15) is 18.4 Å². The molecule has 0 unspecified atom stereocenters. The number of carbonyl (C=O) groups is 2. The summed E-state index contributed by atoms with van der Waals surface area (Å²) in [7, 11) is -1.59. The quantitative estimate of drug-likeness (QED) is 0.479. The van der Waals surface area contributed by atoms with E-state index in [1.165, 1.54) is 37.2 Å². The van der Waals surface area contributed by atoms with Gasteiger partial charge >= 0.3 is 10.2 Å². The number of nitrogens with one attached hydrogen (secondary N) is 1. The molecule has 35 heavy (non-hydrogen) atoms. The first kappa shape index (κ1) is 28.3. The van der Waals surface area contributed by atoms with E-state index in [2.05, 4.69) is 5.32 Å². The lowest BCUT2D eigenvalue weighted by molar-refractivity contribution is -0.140. The Balaban J connectivity index is 2.52. The lowest BCUT2D eigenvalue weighted by atomic mass is 10.1. The van der Waals surface area contributed by atoms with Crippen LogP contribution >= 0.6 is 0 Å². The number of aryl methyl sites for hydroxylation is 1. The predicted molar refractivity (Wildman–Crippen MR) is 135 cm³/mol. The van der Waals surface area contributed by atoms with Crippen molar-refractivity contribution in [3.05, 3.63) is 65.5 Å². The third-order valence-corrected chi connectivity index (χ3v) is 7.48. The van der Waals surface area contributed by atoms with Gasteiger partial charge in [-0.05, 0) is 43.0 Å². The molecule has 0 saturated carbocycles. The van der Waals surface area contributed by atoms with Crippen molar-refractivity contribution in [2.45, 2.75) is 46.2 Å². The molecule has 2 aromatic carbocycles. The van der Waals surface area contributed by atoms with Gasteiger partial charge in [0.2, 0.25) is 11.8 Å². The fourth-order valence-electron chi connectivity index (χ4n) is 3.61. The summed E-state index contributed by atoms with van der Waals surface area (Å²) in [5.74, 6) is -1.70. The minimum atomic E-state index is -4.21. The zero-order chi connectivity index (χ0) is 26.2. The molecule has 0 saturated heterocycles. The van der Waals surface area contributed by atoms with Gasteiger partial charge in [0.15, 0.2) is 0 Å². The molecule has 0 bridgehead atoms. The molecule has 192 valence electrons. The molecule has 8 nitrogen and oxygen atoms in total. The molecule has 2 aromatic rings. The van der Waals surface area contributed by atoms with Gasteiger partial charge in [-0.3, -0.25) is 9.59 Å². The van der Waals surface area contributed by atoms with Gasteiger partial charge in [-0.2, -0.15) is 12.7 Å². The maximum Gasteiger partial charge on any atom is 0.304 e. The number of para-hydroxylation sites is 1. The zero-order valence-electron chi connectivity index (χ0n) is 21.0. The van der Waals surface area contributed by atoms with Gasteiger partial charge in [-0.15, -0.1) is 0 Å². The van der Waals surface area contributed by atoms with Gasteiger partial charge in [0.05, 0.1) is 5.69 Å². The highest BCUT2D eigenvalue weighted by atomic mass is 32.2. The largest absolute Gasteiger partial charge is 0.354 e. The molecule has 0 aliphatic heterocycles. The molecular weight excluding hydrogens is 471 g/mol. The van der Waals surface area contributed by atoms with Crippen LogP contribution in [-0.4, -0.2) is 62.7 Å². The van der Waals surface area contributed by atoms with Crippen LogP contribution in [0, 0.1) is 12.7 Å². The molecule has 2 amide bonds. The van der Waals surface area contributed by atoms with E-state index in [9.17, 15) is 22.4 Å². The lowest BCUT2D eigenvalue weighted by Gasteiger charge is -2.34. The van der Waals surface area contributed by atoms with E-state index in [1.54, 1.807) is 6.92 Å². The maximum atomic E-state index is 14.7. The van der Waals surface area contributed by atoms with Gasteiger partial charge < -0.3 is 10.2 Å². The highest BCUT2D eigenvalue weighted by molar-refractivity contribution is 7.90. The topological polar surface area (TPSA) is 90.0 Å². The Morgan fingerprint density at radius 3 is 2.23 bits per heavy atom. The minimum Gasteiger partial charge on any atom is -0.354 e. The number of amides is 2. The van der Waals surface area contributed by atoms with E-state index < -0.39 is 34.5 Å². The second-order valence-electron chi connectivity index (χ2n) is 8.41. The van der Waals surface area contributed by atoms with Gasteiger partial charge in [-0.1, -0.05) is 50.2 Å².